The highest BCUT2D eigenvalue weighted by atomic mass is 32.2. The minimum absolute atomic E-state index is 0.0352. The summed E-state index contributed by atoms with van der Waals surface area (Å²) in [7, 11) is -0.428. The van der Waals surface area contributed by atoms with E-state index in [4.69, 9.17) is 4.74 Å². The molecule has 7 aromatic rings. The molecule has 1 unspecified atom stereocenters. The number of H-pyrrole nitrogens is 1. The molecule has 0 aliphatic carbocycles. The number of carbonyl (C=O) groups excluding carboxylic acids is 2. The van der Waals surface area contributed by atoms with Gasteiger partial charge in [-0.2, -0.15) is 4.72 Å². The molecule has 0 fully saturated rings. The standard InChI is InChI=1S/C53H57N7O5S/c1-7-58(8-2)36-25-27-43-48(32-36)65-49-33-37(59(9-3)10-4)26-28-44(49)53(43)42-21-13-11-18-41(42)52(62)60(53)30-29-54-51(61)46(31-35-34-55-45-22-14-12-17-38(35)45)56-66(63,64)50-24-16-19-39-40(50)20-15-23-47(39)57(5)6/h11-28,32-34,46,55-56H,7-10,29-31H2,1-6H3,(H,54,61). The minimum Gasteiger partial charge on any atom is -0.456 e. The topological polar surface area (TPSA) is 130 Å². The van der Waals surface area contributed by atoms with E-state index in [-0.39, 0.29) is 30.3 Å². The first-order valence-corrected chi connectivity index (χ1v) is 24.4. The van der Waals surface area contributed by atoms with E-state index in [0.717, 1.165) is 81.8 Å². The second-order valence-corrected chi connectivity index (χ2v) is 18.8. The number of fused-ring (bicyclic) bond motifs is 8. The number of carbonyl (C=O) groups is 2. The molecule has 3 N–H and O–H groups in total. The van der Waals surface area contributed by atoms with Crippen molar-refractivity contribution in [3.63, 3.8) is 0 Å². The minimum atomic E-state index is -4.26. The molecule has 2 aliphatic rings. The van der Waals surface area contributed by atoms with Gasteiger partial charge in [-0.15, -0.1) is 0 Å². The number of hydrogen-bond donors (Lipinski definition) is 3. The van der Waals surface area contributed by atoms with Crippen molar-refractivity contribution in [2.24, 2.45) is 0 Å². The summed E-state index contributed by atoms with van der Waals surface area (Å²) in [6.07, 6.45) is 1.89. The van der Waals surface area contributed by atoms with E-state index in [1.54, 1.807) is 18.2 Å². The van der Waals surface area contributed by atoms with E-state index in [0.29, 0.717) is 22.4 Å². The molecule has 6 aromatic carbocycles. The number of anilines is 3. The van der Waals surface area contributed by atoms with Crippen LogP contribution in [0.3, 0.4) is 0 Å². The van der Waals surface area contributed by atoms with Crippen molar-refractivity contribution in [2.75, 3.05) is 68.1 Å². The molecule has 66 heavy (non-hydrogen) atoms. The first-order chi connectivity index (χ1) is 31.9. The first-order valence-electron chi connectivity index (χ1n) is 22.9. The fourth-order valence-electron chi connectivity index (χ4n) is 10.2. The summed E-state index contributed by atoms with van der Waals surface area (Å²) in [6, 6.07) is 37.5. The van der Waals surface area contributed by atoms with Gasteiger partial charge in [0.25, 0.3) is 5.91 Å². The van der Waals surface area contributed by atoms with Crippen LogP contribution in [0, 0.1) is 0 Å². The summed E-state index contributed by atoms with van der Waals surface area (Å²) in [5, 5.41) is 5.29. The lowest BCUT2D eigenvalue weighted by Gasteiger charge is -2.45. The third-order valence-corrected chi connectivity index (χ3v) is 14.9. The van der Waals surface area contributed by atoms with Crippen molar-refractivity contribution in [1.29, 1.82) is 0 Å². The normalized spacial score (nSPS) is 14.2. The Labute approximate surface area is 387 Å². The first kappa shape index (κ1) is 44.4. The van der Waals surface area contributed by atoms with Crippen molar-refractivity contribution in [3.8, 4) is 11.5 Å². The lowest BCUT2D eigenvalue weighted by atomic mass is 9.74. The molecule has 13 heteroatoms. The predicted octanol–water partition coefficient (Wildman–Crippen LogP) is 8.64. The maximum atomic E-state index is 14.9. The molecular formula is C53H57N7O5S. The number of nitrogens with zero attached hydrogens (tertiary/aromatic N) is 4. The van der Waals surface area contributed by atoms with Gasteiger partial charge < -0.3 is 34.6 Å². The Morgan fingerprint density at radius 2 is 1.33 bits per heavy atom. The third-order valence-electron chi connectivity index (χ3n) is 13.4. The van der Waals surface area contributed by atoms with Crippen LogP contribution in [0.5, 0.6) is 11.5 Å². The van der Waals surface area contributed by atoms with Crippen LogP contribution in [0.2, 0.25) is 0 Å². The summed E-state index contributed by atoms with van der Waals surface area (Å²) in [5.41, 5.74) is 6.51. The Morgan fingerprint density at radius 1 is 0.727 bits per heavy atom. The molecule has 0 radical (unpaired) electrons. The highest BCUT2D eigenvalue weighted by molar-refractivity contribution is 7.89. The number of rotatable bonds is 16. The lowest BCUT2D eigenvalue weighted by Crippen LogP contribution is -2.52. The molecule has 2 amide bonds. The van der Waals surface area contributed by atoms with Crippen LogP contribution in [0.1, 0.15) is 60.3 Å². The molecule has 0 bridgehead atoms. The monoisotopic (exact) mass is 903 g/mol. The molecule has 0 saturated heterocycles. The van der Waals surface area contributed by atoms with Crippen LogP contribution in [-0.2, 0) is 26.8 Å². The summed E-state index contributed by atoms with van der Waals surface area (Å²) < 4.78 is 38.8. The lowest BCUT2D eigenvalue weighted by molar-refractivity contribution is -0.122. The Hall–Kier alpha value is -6.83. The van der Waals surface area contributed by atoms with Gasteiger partial charge in [-0.25, -0.2) is 8.42 Å². The molecule has 1 spiro atoms. The molecule has 1 aromatic heterocycles. The van der Waals surface area contributed by atoms with Crippen molar-refractivity contribution in [3.05, 3.63) is 155 Å². The molecule has 2 aliphatic heterocycles. The molecule has 12 nitrogen and oxygen atoms in total. The second-order valence-electron chi connectivity index (χ2n) is 17.1. The number of para-hydroxylation sites is 1. The number of benzene rings is 6. The van der Waals surface area contributed by atoms with Gasteiger partial charge in [0.2, 0.25) is 15.9 Å². The van der Waals surface area contributed by atoms with Crippen LogP contribution < -0.4 is 29.5 Å². The summed E-state index contributed by atoms with van der Waals surface area (Å²) in [6.45, 7) is 11.9. The maximum absolute atomic E-state index is 14.9. The molecule has 340 valence electrons. The summed E-state index contributed by atoms with van der Waals surface area (Å²) in [4.78, 5) is 41.3. The van der Waals surface area contributed by atoms with Gasteiger partial charge in [0.1, 0.15) is 23.1 Å². The number of ether oxygens (including phenoxy) is 1. The second kappa shape index (κ2) is 17.9. The van der Waals surface area contributed by atoms with Gasteiger partial charge in [-0.1, -0.05) is 72.8 Å². The molecule has 9 rings (SSSR count). The third kappa shape index (κ3) is 7.49. The van der Waals surface area contributed by atoms with Crippen molar-refractivity contribution >= 4 is 60.6 Å². The average Bonchev–Trinajstić information content (AvgIpc) is 3.84. The average molecular weight is 904 g/mol. The van der Waals surface area contributed by atoms with Crippen molar-refractivity contribution in [2.45, 2.75) is 50.6 Å². The zero-order valence-electron chi connectivity index (χ0n) is 38.4. The number of nitrogens with one attached hydrogen (secondary N) is 3. The van der Waals surface area contributed by atoms with Gasteiger partial charge >= 0.3 is 0 Å². The highest BCUT2D eigenvalue weighted by Crippen LogP contribution is 2.58. The van der Waals surface area contributed by atoms with E-state index < -0.39 is 27.5 Å². The van der Waals surface area contributed by atoms with Crippen LogP contribution >= 0.6 is 0 Å². The van der Waals surface area contributed by atoms with Crippen molar-refractivity contribution in [1.82, 2.24) is 19.9 Å². The van der Waals surface area contributed by atoms with E-state index in [2.05, 4.69) is 88.9 Å². The van der Waals surface area contributed by atoms with E-state index in [1.165, 1.54) is 0 Å². The van der Waals surface area contributed by atoms with Gasteiger partial charge in [0.05, 0.1) is 4.90 Å². The number of aromatic amines is 1. The Balaban J connectivity index is 1.09. The van der Waals surface area contributed by atoms with Crippen LogP contribution in [0.25, 0.3) is 21.7 Å². The molecule has 1 atom stereocenters. The maximum Gasteiger partial charge on any atom is 0.255 e. The van der Waals surface area contributed by atoms with Crippen LogP contribution in [0.15, 0.2) is 132 Å². The number of hydrogen-bond acceptors (Lipinski definition) is 8. The Kier molecular flexibility index (Phi) is 12.0. The summed E-state index contributed by atoms with van der Waals surface area (Å²) >= 11 is 0. The molecule has 3 heterocycles. The smallest absolute Gasteiger partial charge is 0.255 e. The van der Waals surface area contributed by atoms with Gasteiger partial charge in [-0.3, -0.25) is 9.59 Å². The van der Waals surface area contributed by atoms with E-state index in [9.17, 15) is 18.0 Å². The fraction of sp³-hybridized carbons (Fsp3) is 0.283. The van der Waals surface area contributed by atoms with E-state index in [1.807, 2.05) is 96.8 Å². The predicted molar refractivity (Wildman–Crippen MR) is 265 cm³/mol. The Morgan fingerprint density at radius 3 is 2.00 bits per heavy atom. The zero-order chi connectivity index (χ0) is 46.3. The van der Waals surface area contributed by atoms with Gasteiger partial charge in [-0.05, 0) is 81.6 Å². The van der Waals surface area contributed by atoms with Crippen LogP contribution in [-0.4, -0.2) is 89.5 Å². The quantitative estimate of drug-likeness (QED) is 0.0880. The number of amides is 2. The fourth-order valence-corrected chi connectivity index (χ4v) is 11.6. The van der Waals surface area contributed by atoms with E-state index >= 15 is 0 Å². The van der Waals surface area contributed by atoms with Gasteiger partial charge in [0.15, 0.2) is 0 Å². The van der Waals surface area contributed by atoms with Gasteiger partial charge in [0, 0.05) is 127 Å². The van der Waals surface area contributed by atoms with Crippen LogP contribution in [0.4, 0.5) is 17.1 Å². The van der Waals surface area contributed by atoms with Crippen molar-refractivity contribution < 1.29 is 22.7 Å². The summed E-state index contributed by atoms with van der Waals surface area (Å²) in [5.74, 6) is 0.614. The number of aromatic nitrogens is 1. The Bertz CT molecular complexity index is 3020. The molecule has 0 saturated carbocycles. The highest BCUT2D eigenvalue weighted by Gasteiger charge is 2.56. The SMILES string of the molecule is CCN(CC)c1ccc2c(c1)Oc1cc(N(CC)CC)ccc1C21c2ccccc2C(=O)N1CCNC(=O)C(Cc1c[nH]c2ccccc12)NS(=O)(=O)c1cccc2c(N(C)C)cccc12. The number of sulfonamides is 1. The molecular weight excluding hydrogens is 847 g/mol. The largest absolute Gasteiger partial charge is 0.456 e. The zero-order valence-corrected chi connectivity index (χ0v) is 39.2.